The highest BCUT2D eigenvalue weighted by Crippen LogP contribution is 2.22. The molecule has 1 N–H and O–H groups in total. The molecule has 6 nitrogen and oxygen atoms in total. The summed E-state index contributed by atoms with van der Waals surface area (Å²) in [6.45, 7) is 6.39. The van der Waals surface area contributed by atoms with Gasteiger partial charge in [0.15, 0.2) is 6.61 Å². The van der Waals surface area contributed by atoms with Crippen LogP contribution in [0, 0.1) is 12.8 Å². The van der Waals surface area contributed by atoms with Crippen LogP contribution in [-0.4, -0.2) is 34.6 Å². The summed E-state index contributed by atoms with van der Waals surface area (Å²) < 4.78 is 7.17. The van der Waals surface area contributed by atoms with Gasteiger partial charge in [-0.15, -0.1) is 0 Å². The Morgan fingerprint density at radius 3 is 2.61 bits per heavy atom. The molecule has 1 aromatic heterocycles. The fourth-order valence-corrected chi connectivity index (χ4v) is 3.00. The summed E-state index contributed by atoms with van der Waals surface area (Å²) in [7, 11) is 0. The third-order valence-electron chi connectivity index (χ3n) is 4.45. The van der Waals surface area contributed by atoms with Gasteiger partial charge in [0.05, 0.1) is 16.6 Å². The van der Waals surface area contributed by atoms with E-state index in [1.807, 2.05) is 47.9 Å². The summed E-state index contributed by atoms with van der Waals surface area (Å²) in [6.07, 6.45) is 0.889. The van der Waals surface area contributed by atoms with Gasteiger partial charge in [-0.3, -0.25) is 9.36 Å². The lowest BCUT2D eigenvalue weighted by Crippen LogP contribution is -2.30. The van der Waals surface area contributed by atoms with Crippen molar-refractivity contribution in [3.8, 4) is 5.69 Å². The van der Waals surface area contributed by atoms with Gasteiger partial charge in [-0.2, -0.15) is 0 Å². The van der Waals surface area contributed by atoms with E-state index in [4.69, 9.17) is 4.74 Å². The standard InChI is InChI=1S/C22H25N3O3/c1-15(2)11-12-23-21(26)14-28-22(27)17-9-10-20-19(13-17)24-16(3)25(20)18-7-5-4-6-8-18/h4-10,13,15H,11-12,14H2,1-3H3,(H,23,26). The fourth-order valence-electron chi connectivity index (χ4n) is 3.00. The maximum atomic E-state index is 12.3. The number of imidazole rings is 1. The number of para-hydroxylation sites is 1. The number of nitrogens with zero attached hydrogens (tertiary/aromatic N) is 2. The lowest BCUT2D eigenvalue weighted by molar-refractivity contribution is -0.124. The zero-order chi connectivity index (χ0) is 20.1. The van der Waals surface area contributed by atoms with Crippen LogP contribution in [-0.2, 0) is 9.53 Å². The minimum atomic E-state index is -0.534. The molecule has 2 aromatic carbocycles. The maximum absolute atomic E-state index is 12.3. The van der Waals surface area contributed by atoms with Gasteiger partial charge in [0.2, 0.25) is 0 Å². The van der Waals surface area contributed by atoms with Crippen LogP contribution < -0.4 is 5.32 Å². The lowest BCUT2D eigenvalue weighted by Gasteiger charge is -2.08. The largest absolute Gasteiger partial charge is 0.452 e. The normalized spacial score (nSPS) is 11.0. The minimum absolute atomic E-state index is 0.285. The van der Waals surface area contributed by atoms with E-state index >= 15 is 0 Å². The molecule has 0 aliphatic heterocycles. The SMILES string of the molecule is Cc1nc2cc(C(=O)OCC(=O)NCCC(C)C)ccc2n1-c1ccccc1. The molecular weight excluding hydrogens is 354 g/mol. The predicted molar refractivity (Wildman–Crippen MR) is 109 cm³/mol. The maximum Gasteiger partial charge on any atom is 0.338 e. The first-order valence-electron chi connectivity index (χ1n) is 9.44. The lowest BCUT2D eigenvalue weighted by atomic mass is 10.1. The number of aryl methyl sites for hydroxylation is 1. The monoisotopic (exact) mass is 379 g/mol. The van der Waals surface area contributed by atoms with Gasteiger partial charge in [-0.05, 0) is 49.6 Å². The van der Waals surface area contributed by atoms with Crippen LogP contribution in [0.2, 0.25) is 0 Å². The Balaban J connectivity index is 1.69. The van der Waals surface area contributed by atoms with E-state index in [0.29, 0.717) is 23.5 Å². The van der Waals surface area contributed by atoms with Gasteiger partial charge in [-0.1, -0.05) is 32.0 Å². The molecule has 1 heterocycles. The second-order valence-electron chi connectivity index (χ2n) is 7.14. The third kappa shape index (κ3) is 4.57. The number of rotatable bonds is 7. The Bertz CT molecular complexity index is 977. The summed E-state index contributed by atoms with van der Waals surface area (Å²) in [5.74, 6) is 0.511. The van der Waals surface area contributed by atoms with Crippen molar-refractivity contribution < 1.29 is 14.3 Å². The van der Waals surface area contributed by atoms with Crippen molar-refractivity contribution in [1.82, 2.24) is 14.9 Å². The molecule has 6 heteroatoms. The highest BCUT2D eigenvalue weighted by atomic mass is 16.5. The minimum Gasteiger partial charge on any atom is -0.452 e. The first kappa shape index (κ1) is 19.6. The van der Waals surface area contributed by atoms with Gasteiger partial charge >= 0.3 is 5.97 Å². The summed E-state index contributed by atoms with van der Waals surface area (Å²) in [5.41, 5.74) is 3.00. The molecule has 0 aliphatic carbocycles. The first-order valence-corrected chi connectivity index (χ1v) is 9.44. The number of ether oxygens (including phenoxy) is 1. The second kappa shape index (κ2) is 8.69. The molecule has 3 aromatic rings. The van der Waals surface area contributed by atoms with Crippen molar-refractivity contribution in [3.63, 3.8) is 0 Å². The smallest absolute Gasteiger partial charge is 0.338 e. The third-order valence-corrected chi connectivity index (χ3v) is 4.45. The van der Waals surface area contributed by atoms with Crippen LogP contribution in [0.25, 0.3) is 16.7 Å². The highest BCUT2D eigenvalue weighted by Gasteiger charge is 2.14. The topological polar surface area (TPSA) is 73.2 Å². The number of hydrogen-bond acceptors (Lipinski definition) is 4. The molecule has 0 radical (unpaired) electrons. The second-order valence-corrected chi connectivity index (χ2v) is 7.14. The number of hydrogen-bond donors (Lipinski definition) is 1. The Hall–Kier alpha value is -3.15. The zero-order valence-corrected chi connectivity index (χ0v) is 16.4. The van der Waals surface area contributed by atoms with Gasteiger partial charge in [0.1, 0.15) is 5.82 Å². The molecule has 0 unspecified atom stereocenters. The molecule has 0 bridgehead atoms. The van der Waals surface area contributed by atoms with E-state index in [1.165, 1.54) is 0 Å². The molecule has 28 heavy (non-hydrogen) atoms. The van der Waals surface area contributed by atoms with Gasteiger partial charge in [0, 0.05) is 12.2 Å². The van der Waals surface area contributed by atoms with Crippen molar-refractivity contribution in [2.45, 2.75) is 27.2 Å². The molecule has 146 valence electrons. The number of amides is 1. The Morgan fingerprint density at radius 1 is 1.14 bits per heavy atom. The van der Waals surface area contributed by atoms with Gasteiger partial charge in [0.25, 0.3) is 5.91 Å². The number of nitrogens with one attached hydrogen (secondary N) is 1. The average molecular weight is 379 g/mol. The molecule has 1 amide bonds. The van der Waals surface area contributed by atoms with E-state index in [1.54, 1.807) is 12.1 Å². The summed E-state index contributed by atoms with van der Waals surface area (Å²) in [6, 6.07) is 15.2. The molecule has 0 saturated heterocycles. The Morgan fingerprint density at radius 2 is 1.89 bits per heavy atom. The van der Waals surface area contributed by atoms with Crippen LogP contribution in [0.15, 0.2) is 48.5 Å². The number of carbonyl (C=O) groups is 2. The first-order chi connectivity index (χ1) is 13.5. The van der Waals surface area contributed by atoms with E-state index in [9.17, 15) is 9.59 Å². The quantitative estimate of drug-likeness (QED) is 0.636. The average Bonchev–Trinajstić information content (AvgIpc) is 3.01. The molecule has 3 rings (SSSR count). The number of carbonyl (C=O) groups excluding carboxylic acids is 2. The van der Waals surface area contributed by atoms with Crippen LogP contribution in [0.1, 0.15) is 36.5 Å². The molecule has 0 saturated carbocycles. The number of esters is 1. The number of fused-ring (bicyclic) bond motifs is 1. The number of aromatic nitrogens is 2. The van der Waals surface area contributed by atoms with Crippen molar-refractivity contribution in [2.24, 2.45) is 5.92 Å². The summed E-state index contributed by atoms with van der Waals surface area (Å²) in [5, 5.41) is 2.75. The Kier molecular flexibility index (Phi) is 6.09. The van der Waals surface area contributed by atoms with E-state index in [-0.39, 0.29) is 12.5 Å². The Labute approximate surface area is 164 Å². The predicted octanol–water partition coefficient (Wildman–Crippen LogP) is 3.65. The molecule has 0 atom stereocenters. The molecule has 0 fully saturated rings. The zero-order valence-electron chi connectivity index (χ0n) is 16.4. The van der Waals surface area contributed by atoms with Gasteiger partial charge < -0.3 is 10.1 Å². The molecule has 0 aliphatic rings. The summed E-state index contributed by atoms with van der Waals surface area (Å²) >= 11 is 0. The highest BCUT2D eigenvalue weighted by molar-refractivity contribution is 5.95. The van der Waals surface area contributed by atoms with Crippen LogP contribution >= 0.6 is 0 Å². The van der Waals surface area contributed by atoms with Crippen LogP contribution in [0.5, 0.6) is 0 Å². The van der Waals surface area contributed by atoms with Gasteiger partial charge in [-0.25, -0.2) is 9.78 Å². The number of benzene rings is 2. The van der Waals surface area contributed by atoms with E-state index in [2.05, 4.69) is 24.1 Å². The summed E-state index contributed by atoms with van der Waals surface area (Å²) in [4.78, 5) is 28.6. The van der Waals surface area contributed by atoms with Crippen molar-refractivity contribution in [3.05, 3.63) is 59.9 Å². The van der Waals surface area contributed by atoms with Crippen LogP contribution in [0.4, 0.5) is 0 Å². The molecular formula is C22H25N3O3. The van der Waals surface area contributed by atoms with Crippen LogP contribution in [0.3, 0.4) is 0 Å². The van der Waals surface area contributed by atoms with Crippen molar-refractivity contribution in [1.29, 1.82) is 0 Å². The van der Waals surface area contributed by atoms with Crippen molar-refractivity contribution in [2.75, 3.05) is 13.2 Å². The fraction of sp³-hybridized carbons (Fsp3) is 0.318. The van der Waals surface area contributed by atoms with E-state index in [0.717, 1.165) is 23.4 Å². The van der Waals surface area contributed by atoms with E-state index < -0.39 is 5.97 Å². The van der Waals surface area contributed by atoms with Crippen molar-refractivity contribution >= 4 is 22.9 Å². The molecule has 0 spiro atoms.